The van der Waals surface area contributed by atoms with Crippen molar-refractivity contribution < 1.29 is 14.3 Å². The van der Waals surface area contributed by atoms with E-state index in [9.17, 15) is 9.59 Å². The molecule has 4 heteroatoms. The molecule has 1 saturated heterocycles. The molecule has 0 spiro atoms. The van der Waals surface area contributed by atoms with E-state index in [2.05, 4.69) is 13.2 Å². The van der Waals surface area contributed by atoms with Gasteiger partial charge < -0.3 is 9.64 Å². The number of benzene rings is 1. The Balaban J connectivity index is 2.29. The number of rotatable bonds is 5. The number of carbonyl (C=O) groups is 2. The van der Waals surface area contributed by atoms with Crippen molar-refractivity contribution in [3.63, 3.8) is 0 Å². The molecule has 1 amide bonds. The highest BCUT2D eigenvalue weighted by molar-refractivity contribution is 5.89. The number of hydrogen-bond acceptors (Lipinski definition) is 3. The van der Waals surface area contributed by atoms with Crippen LogP contribution in [0.1, 0.15) is 47.6 Å². The van der Waals surface area contributed by atoms with E-state index < -0.39 is 0 Å². The third kappa shape index (κ3) is 3.70. The first-order valence-electron chi connectivity index (χ1n) is 7.85. The van der Waals surface area contributed by atoms with E-state index in [0.29, 0.717) is 12.0 Å². The zero-order valence-electron chi connectivity index (χ0n) is 13.5. The predicted octanol–water partition coefficient (Wildman–Crippen LogP) is 3.66. The number of nitrogens with zero attached hydrogens (tertiary/aromatic N) is 1. The lowest BCUT2D eigenvalue weighted by Gasteiger charge is -2.41. The van der Waals surface area contributed by atoms with Crippen molar-refractivity contribution >= 4 is 11.9 Å². The van der Waals surface area contributed by atoms with Crippen LogP contribution >= 0.6 is 0 Å². The summed E-state index contributed by atoms with van der Waals surface area (Å²) >= 11 is 0. The Morgan fingerprint density at radius 2 is 1.96 bits per heavy atom. The average Bonchev–Trinajstić information content (AvgIpc) is 2.60. The highest BCUT2D eigenvalue weighted by Crippen LogP contribution is 2.35. The molecule has 1 aliphatic heterocycles. The second-order valence-electron chi connectivity index (χ2n) is 5.66. The van der Waals surface area contributed by atoms with Crippen molar-refractivity contribution in [3.8, 4) is 0 Å². The van der Waals surface area contributed by atoms with Gasteiger partial charge in [-0.2, -0.15) is 0 Å². The molecule has 0 aliphatic carbocycles. The van der Waals surface area contributed by atoms with Crippen molar-refractivity contribution in [2.75, 3.05) is 7.11 Å². The monoisotopic (exact) mass is 313 g/mol. The molecule has 0 N–H and O–H groups in total. The molecule has 2 atom stereocenters. The van der Waals surface area contributed by atoms with Crippen LogP contribution in [0.4, 0.5) is 0 Å². The van der Waals surface area contributed by atoms with Crippen LogP contribution in [0, 0.1) is 0 Å². The number of ether oxygens (including phenoxy) is 1. The summed E-state index contributed by atoms with van der Waals surface area (Å²) < 4.78 is 4.72. The Hall–Kier alpha value is -2.36. The Labute approximate surface area is 137 Å². The number of esters is 1. The van der Waals surface area contributed by atoms with Crippen molar-refractivity contribution in [2.24, 2.45) is 0 Å². The number of methoxy groups -OCH3 is 1. The molecule has 1 aromatic rings. The van der Waals surface area contributed by atoms with Gasteiger partial charge >= 0.3 is 5.97 Å². The number of carbonyl (C=O) groups excluding carboxylic acids is 2. The molecular weight excluding hydrogens is 290 g/mol. The quantitative estimate of drug-likeness (QED) is 0.615. The van der Waals surface area contributed by atoms with Gasteiger partial charge in [-0.05, 0) is 37.0 Å². The van der Waals surface area contributed by atoms with Crippen molar-refractivity contribution in [1.82, 2.24) is 4.90 Å². The largest absolute Gasteiger partial charge is 0.465 e. The summed E-state index contributed by atoms with van der Waals surface area (Å²) in [6.07, 6.45) is 6.68. The topological polar surface area (TPSA) is 46.6 Å². The fourth-order valence-corrected chi connectivity index (χ4v) is 3.14. The van der Waals surface area contributed by atoms with Crippen LogP contribution in [0.25, 0.3) is 0 Å². The summed E-state index contributed by atoms with van der Waals surface area (Å²) in [4.78, 5) is 26.0. The normalized spacial score (nSPS) is 20.7. The lowest BCUT2D eigenvalue weighted by atomic mass is 9.90. The van der Waals surface area contributed by atoms with Crippen LogP contribution in [0.2, 0.25) is 0 Å². The molecule has 2 unspecified atom stereocenters. The highest BCUT2D eigenvalue weighted by atomic mass is 16.5. The van der Waals surface area contributed by atoms with Crippen LogP contribution in [-0.2, 0) is 9.53 Å². The maximum atomic E-state index is 12.5. The first kappa shape index (κ1) is 17.0. The van der Waals surface area contributed by atoms with Crippen molar-refractivity contribution in [2.45, 2.75) is 37.8 Å². The van der Waals surface area contributed by atoms with Gasteiger partial charge in [0.05, 0.1) is 24.8 Å². The van der Waals surface area contributed by atoms with Gasteiger partial charge in [-0.25, -0.2) is 4.79 Å². The minimum absolute atomic E-state index is 0.00546. The molecule has 1 fully saturated rings. The van der Waals surface area contributed by atoms with E-state index in [1.165, 1.54) is 7.11 Å². The molecule has 122 valence electrons. The summed E-state index contributed by atoms with van der Waals surface area (Å²) in [5.74, 6) is -0.296. The highest BCUT2D eigenvalue weighted by Gasteiger charge is 2.32. The number of likely N-dealkylation sites (tertiary alicyclic amines) is 1. The molecular formula is C19H23NO3. The number of hydrogen-bond donors (Lipinski definition) is 0. The molecule has 0 radical (unpaired) electrons. The molecule has 4 nitrogen and oxygen atoms in total. The zero-order valence-corrected chi connectivity index (χ0v) is 13.5. The van der Waals surface area contributed by atoms with E-state index in [1.54, 1.807) is 18.2 Å². The summed E-state index contributed by atoms with van der Waals surface area (Å²) in [5, 5.41) is 0. The third-order valence-electron chi connectivity index (χ3n) is 4.27. The van der Waals surface area contributed by atoms with E-state index in [1.807, 2.05) is 23.1 Å². The molecule has 1 heterocycles. The van der Waals surface area contributed by atoms with Gasteiger partial charge in [0.15, 0.2) is 0 Å². The van der Waals surface area contributed by atoms with Crippen LogP contribution in [0.5, 0.6) is 0 Å². The van der Waals surface area contributed by atoms with Gasteiger partial charge in [-0.1, -0.05) is 24.3 Å². The smallest absolute Gasteiger partial charge is 0.337 e. The molecule has 1 aliphatic rings. The maximum absolute atomic E-state index is 12.5. The molecule has 23 heavy (non-hydrogen) atoms. The van der Waals surface area contributed by atoms with Crippen LogP contribution in [-0.4, -0.2) is 29.9 Å². The summed E-state index contributed by atoms with van der Waals surface area (Å²) in [7, 11) is 1.36. The van der Waals surface area contributed by atoms with E-state index in [-0.39, 0.29) is 24.0 Å². The Kier molecular flexibility index (Phi) is 5.74. The lowest BCUT2D eigenvalue weighted by Crippen LogP contribution is -2.44. The van der Waals surface area contributed by atoms with Crippen LogP contribution in [0.3, 0.4) is 0 Å². The Morgan fingerprint density at radius 1 is 1.26 bits per heavy atom. The van der Waals surface area contributed by atoms with E-state index >= 15 is 0 Å². The molecule has 2 rings (SSSR count). The molecule has 0 aromatic heterocycles. The van der Waals surface area contributed by atoms with Crippen molar-refractivity contribution in [3.05, 3.63) is 60.7 Å². The van der Waals surface area contributed by atoms with Crippen LogP contribution in [0.15, 0.2) is 49.6 Å². The van der Waals surface area contributed by atoms with Gasteiger partial charge in [0.25, 0.3) is 0 Å². The SMILES string of the molecule is C=CCC(=O)N1C(C=C)CCCC1c1ccc(C(=O)OC)cc1. The fourth-order valence-electron chi connectivity index (χ4n) is 3.14. The molecule has 1 aromatic carbocycles. The van der Waals surface area contributed by atoms with Gasteiger partial charge in [0, 0.05) is 6.42 Å². The first-order chi connectivity index (χ1) is 11.1. The molecule has 0 saturated carbocycles. The van der Waals surface area contributed by atoms with Gasteiger partial charge in [0.1, 0.15) is 0 Å². The molecule has 0 bridgehead atoms. The summed E-state index contributed by atoms with van der Waals surface area (Å²) in [6, 6.07) is 7.34. The lowest BCUT2D eigenvalue weighted by molar-refractivity contribution is -0.136. The zero-order chi connectivity index (χ0) is 16.8. The van der Waals surface area contributed by atoms with Crippen LogP contribution < -0.4 is 0 Å². The predicted molar refractivity (Wildman–Crippen MR) is 90.0 cm³/mol. The second kappa shape index (κ2) is 7.77. The average molecular weight is 313 g/mol. The van der Waals surface area contributed by atoms with E-state index in [4.69, 9.17) is 4.74 Å². The Bertz CT molecular complexity index is 591. The Morgan fingerprint density at radius 3 is 2.52 bits per heavy atom. The third-order valence-corrected chi connectivity index (χ3v) is 4.27. The van der Waals surface area contributed by atoms with Gasteiger partial charge in [-0.3, -0.25) is 4.79 Å². The maximum Gasteiger partial charge on any atom is 0.337 e. The first-order valence-corrected chi connectivity index (χ1v) is 7.85. The summed E-state index contributed by atoms with van der Waals surface area (Å²) in [6.45, 7) is 7.53. The number of piperidine rings is 1. The van der Waals surface area contributed by atoms with Crippen molar-refractivity contribution in [1.29, 1.82) is 0 Å². The number of amides is 1. The standard InChI is InChI=1S/C19H23NO3/c1-4-7-18(21)20-16(5-2)8-6-9-17(20)14-10-12-15(13-11-14)19(22)23-3/h4-5,10-13,16-17H,1-2,6-9H2,3H3. The fraction of sp³-hybridized carbons (Fsp3) is 0.368. The minimum atomic E-state index is -0.358. The second-order valence-corrected chi connectivity index (χ2v) is 5.66. The summed E-state index contributed by atoms with van der Waals surface area (Å²) in [5.41, 5.74) is 1.54. The van der Waals surface area contributed by atoms with Gasteiger partial charge in [0.2, 0.25) is 5.91 Å². The minimum Gasteiger partial charge on any atom is -0.465 e. The van der Waals surface area contributed by atoms with Gasteiger partial charge in [-0.15, -0.1) is 13.2 Å². The van der Waals surface area contributed by atoms with E-state index in [0.717, 1.165) is 24.8 Å².